The van der Waals surface area contributed by atoms with E-state index in [1.54, 1.807) is 0 Å². The Morgan fingerprint density at radius 2 is 1.55 bits per heavy atom. The highest BCUT2D eigenvalue weighted by Gasteiger charge is 2.22. The zero-order valence-electron chi connectivity index (χ0n) is 11.0. The summed E-state index contributed by atoms with van der Waals surface area (Å²) in [5, 5.41) is 3.17. The minimum atomic E-state index is 1.18. The maximum atomic E-state index is 3.17. The fraction of sp³-hybridized carbons (Fsp3) is 0. The summed E-state index contributed by atoms with van der Waals surface area (Å²) in [5.74, 6) is 0. The molecule has 20 heavy (non-hydrogen) atoms. The van der Waals surface area contributed by atoms with Crippen molar-refractivity contribution in [2.24, 2.45) is 0 Å². The van der Waals surface area contributed by atoms with E-state index in [9.17, 15) is 0 Å². The number of rotatable bonds is 1. The van der Waals surface area contributed by atoms with Crippen molar-refractivity contribution in [3.05, 3.63) is 96.1 Å². The van der Waals surface area contributed by atoms with Gasteiger partial charge < -0.3 is 10.2 Å². The number of benzene rings is 2. The summed E-state index contributed by atoms with van der Waals surface area (Å²) in [5.41, 5.74) is 6.21. The van der Waals surface area contributed by atoms with E-state index >= 15 is 0 Å². The summed E-state index contributed by atoms with van der Waals surface area (Å²) in [6, 6.07) is 19.1. The summed E-state index contributed by atoms with van der Waals surface area (Å²) in [4.78, 5) is 2.17. The van der Waals surface area contributed by atoms with Crippen molar-refractivity contribution in [2.75, 3.05) is 0 Å². The average molecular weight is 258 g/mol. The zero-order chi connectivity index (χ0) is 13.4. The highest BCUT2D eigenvalue weighted by Crippen LogP contribution is 2.37. The van der Waals surface area contributed by atoms with Gasteiger partial charge in [-0.25, -0.2) is 0 Å². The molecule has 0 unspecified atom stereocenters. The molecule has 2 heterocycles. The Balaban J connectivity index is 1.95. The molecule has 2 nitrogen and oxygen atoms in total. The third-order valence-electron chi connectivity index (χ3n) is 3.68. The molecule has 0 amide bonds. The van der Waals surface area contributed by atoms with Crippen molar-refractivity contribution in [3.8, 4) is 0 Å². The fourth-order valence-corrected chi connectivity index (χ4v) is 2.73. The van der Waals surface area contributed by atoms with Crippen LogP contribution >= 0.6 is 0 Å². The van der Waals surface area contributed by atoms with Gasteiger partial charge in [0.25, 0.3) is 0 Å². The normalized spacial score (nSPS) is 15.7. The lowest BCUT2D eigenvalue weighted by Crippen LogP contribution is -2.21. The van der Waals surface area contributed by atoms with Crippen molar-refractivity contribution in [3.63, 3.8) is 0 Å². The lowest BCUT2D eigenvalue weighted by molar-refractivity contribution is 0.693. The van der Waals surface area contributed by atoms with Crippen molar-refractivity contribution >= 4 is 11.3 Å². The molecule has 2 heteroatoms. The molecule has 0 spiro atoms. The van der Waals surface area contributed by atoms with Gasteiger partial charge in [0, 0.05) is 35.9 Å². The van der Waals surface area contributed by atoms with Crippen LogP contribution in [-0.2, 0) is 0 Å². The minimum Gasteiger partial charge on any atom is -0.365 e. The molecule has 0 bridgehead atoms. The average Bonchev–Trinajstić information content (AvgIpc) is 2.55. The predicted octanol–water partition coefficient (Wildman–Crippen LogP) is 3.76. The Kier molecular flexibility index (Phi) is 2.46. The van der Waals surface area contributed by atoms with E-state index in [1.807, 2.05) is 18.6 Å². The largest absolute Gasteiger partial charge is 0.365 e. The standard InChI is InChI=1S/C18H14N2/c1-2-6-14(7-3-1)17-13-20-11-10-19-12-18(20)16-9-5-4-8-15(16)17/h1-13,19H. The smallest absolute Gasteiger partial charge is 0.0690 e. The molecule has 96 valence electrons. The van der Waals surface area contributed by atoms with Gasteiger partial charge in [-0.1, -0.05) is 54.6 Å². The van der Waals surface area contributed by atoms with E-state index in [0.717, 1.165) is 0 Å². The Labute approximate surface area is 118 Å². The van der Waals surface area contributed by atoms with Crippen LogP contribution in [0.15, 0.2) is 79.4 Å². The van der Waals surface area contributed by atoms with Gasteiger partial charge >= 0.3 is 0 Å². The third kappa shape index (κ3) is 1.66. The molecule has 2 aromatic rings. The number of fused-ring (bicyclic) bond motifs is 3. The molecule has 2 aromatic carbocycles. The zero-order valence-corrected chi connectivity index (χ0v) is 11.0. The van der Waals surface area contributed by atoms with Gasteiger partial charge in [0.05, 0.1) is 5.70 Å². The van der Waals surface area contributed by atoms with Crippen molar-refractivity contribution in [2.45, 2.75) is 0 Å². The summed E-state index contributed by atoms with van der Waals surface area (Å²) in [7, 11) is 0. The topological polar surface area (TPSA) is 15.3 Å². The molecular formula is C18H14N2. The van der Waals surface area contributed by atoms with Crippen LogP contribution in [0.5, 0.6) is 0 Å². The Morgan fingerprint density at radius 3 is 2.40 bits per heavy atom. The van der Waals surface area contributed by atoms with Gasteiger partial charge in [-0.3, -0.25) is 0 Å². The van der Waals surface area contributed by atoms with Gasteiger partial charge in [-0.15, -0.1) is 0 Å². The number of hydrogen-bond acceptors (Lipinski definition) is 2. The minimum absolute atomic E-state index is 1.18. The highest BCUT2D eigenvalue weighted by atomic mass is 15.1. The number of nitrogens with zero attached hydrogens (tertiary/aromatic N) is 1. The lowest BCUT2D eigenvalue weighted by Gasteiger charge is -2.31. The first-order chi connectivity index (χ1) is 9.93. The number of hydrogen-bond donors (Lipinski definition) is 1. The molecule has 0 aromatic heterocycles. The van der Waals surface area contributed by atoms with Gasteiger partial charge in [0.15, 0.2) is 0 Å². The Morgan fingerprint density at radius 1 is 0.800 bits per heavy atom. The van der Waals surface area contributed by atoms with E-state index in [2.05, 4.69) is 71.0 Å². The van der Waals surface area contributed by atoms with Crippen LogP contribution in [-0.4, -0.2) is 4.90 Å². The van der Waals surface area contributed by atoms with Crippen LogP contribution in [0, 0.1) is 0 Å². The van der Waals surface area contributed by atoms with Gasteiger partial charge in [-0.2, -0.15) is 0 Å². The van der Waals surface area contributed by atoms with Crippen LogP contribution in [0.2, 0.25) is 0 Å². The van der Waals surface area contributed by atoms with Crippen LogP contribution in [0.25, 0.3) is 11.3 Å². The molecule has 0 saturated carbocycles. The third-order valence-corrected chi connectivity index (χ3v) is 3.68. The summed E-state index contributed by atoms with van der Waals surface area (Å²) in [6.45, 7) is 0. The maximum Gasteiger partial charge on any atom is 0.0690 e. The maximum absolute atomic E-state index is 3.17. The van der Waals surface area contributed by atoms with Crippen LogP contribution in [0.3, 0.4) is 0 Å². The second-order valence-electron chi connectivity index (χ2n) is 4.87. The molecule has 0 saturated heterocycles. The first-order valence-electron chi connectivity index (χ1n) is 6.72. The van der Waals surface area contributed by atoms with Crippen LogP contribution in [0.4, 0.5) is 0 Å². The van der Waals surface area contributed by atoms with Crippen molar-refractivity contribution in [1.29, 1.82) is 0 Å². The molecule has 0 fully saturated rings. The SMILES string of the molecule is C1=CN2C=C(c3ccccc3)c3ccccc3C2=CN1. The molecule has 4 rings (SSSR count). The second kappa shape index (κ2) is 4.42. The second-order valence-corrected chi connectivity index (χ2v) is 4.87. The lowest BCUT2D eigenvalue weighted by atomic mass is 9.90. The quantitative estimate of drug-likeness (QED) is 0.837. The Hall–Kier alpha value is -2.74. The number of nitrogens with one attached hydrogen (secondary N) is 1. The molecule has 2 aliphatic rings. The molecule has 2 aliphatic heterocycles. The summed E-state index contributed by atoms with van der Waals surface area (Å²) < 4.78 is 0. The van der Waals surface area contributed by atoms with Crippen molar-refractivity contribution in [1.82, 2.24) is 10.2 Å². The van der Waals surface area contributed by atoms with Crippen LogP contribution < -0.4 is 5.32 Å². The van der Waals surface area contributed by atoms with E-state index in [1.165, 1.54) is 28.0 Å². The van der Waals surface area contributed by atoms with Gasteiger partial charge in [0.2, 0.25) is 0 Å². The molecule has 0 atom stereocenters. The molecule has 1 N–H and O–H groups in total. The van der Waals surface area contributed by atoms with Gasteiger partial charge in [0.1, 0.15) is 0 Å². The van der Waals surface area contributed by atoms with Crippen LogP contribution in [0.1, 0.15) is 16.7 Å². The summed E-state index contributed by atoms with van der Waals surface area (Å²) in [6.07, 6.45) is 8.22. The monoisotopic (exact) mass is 258 g/mol. The van der Waals surface area contributed by atoms with Gasteiger partial charge in [-0.05, 0) is 11.1 Å². The summed E-state index contributed by atoms with van der Waals surface area (Å²) >= 11 is 0. The highest BCUT2D eigenvalue weighted by molar-refractivity contribution is 5.90. The van der Waals surface area contributed by atoms with E-state index < -0.39 is 0 Å². The fourth-order valence-electron chi connectivity index (χ4n) is 2.73. The first-order valence-corrected chi connectivity index (χ1v) is 6.72. The van der Waals surface area contributed by atoms with Crippen molar-refractivity contribution < 1.29 is 0 Å². The van der Waals surface area contributed by atoms with E-state index in [0.29, 0.717) is 0 Å². The first kappa shape index (κ1) is 11.1. The predicted molar refractivity (Wildman–Crippen MR) is 82.1 cm³/mol. The van der Waals surface area contributed by atoms with E-state index in [4.69, 9.17) is 0 Å². The molecular weight excluding hydrogens is 244 g/mol. The molecule has 0 radical (unpaired) electrons. The Bertz CT molecular complexity index is 739. The molecule has 0 aliphatic carbocycles. The van der Waals surface area contributed by atoms with E-state index in [-0.39, 0.29) is 0 Å².